The molecule has 2 saturated carbocycles. The van der Waals surface area contributed by atoms with E-state index in [4.69, 9.17) is 4.74 Å². The van der Waals surface area contributed by atoms with Gasteiger partial charge in [-0.2, -0.15) is 17.6 Å². The Bertz CT molecular complexity index is 1450. The fourth-order valence-electron chi connectivity index (χ4n) is 5.99. The van der Waals surface area contributed by atoms with Gasteiger partial charge in [0.1, 0.15) is 17.4 Å². The van der Waals surface area contributed by atoms with Gasteiger partial charge in [-0.05, 0) is 82.4 Å². The molecule has 0 N–H and O–H groups in total. The van der Waals surface area contributed by atoms with E-state index in [2.05, 4.69) is 9.47 Å². The van der Waals surface area contributed by atoms with Crippen molar-refractivity contribution < 1.29 is 66.9 Å². The average molecular weight is 705 g/mol. The first-order chi connectivity index (χ1) is 22.4. The molecular weight excluding hydrogens is 672 g/mol. The zero-order valence-corrected chi connectivity index (χ0v) is 25.5. The van der Waals surface area contributed by atoms with Gasteiger partial charge >= 0.3 is 18.6 Å². The molecule has 2 fully saturated rings. The Morgan fingerprint density at radius 2 is 1.29 bits per heavy atom. The van der Waals surface area contributed by atoms with Crippen molar-refractivity contribution in [2.45, 2.75) is 89.4 Å². The van der Waals surface area contributed by atoms with Gasteiger partial charge in [-0.1, -0.05) is 18.2 Å². The maximum absolute atomic E-state index is 15.1. The van der Waals surface area contributed by atoms with E-state index in [1.54, 1.807) is 19.1 Å². The summed E-state index contributed by atoms with van der Waals surface area (Å²) < 4.78 is 181. The van der Waals surface area contributed by atoms with E-state index in [0.29, 0.717) is 12.0 Å². The molecule has 0 spiro atoms. The van der Waals surface area contributed by atoms with Gasteiger partial charge in [-0.15, -0.1) is 13.2 Å². The fraction of sp³-hybridized carbons (Fsp3) is 0.515. The Balaban J connectivity index is 1.29. The third-order valence-electron chi connectivity index (χ3n) is 8.55. The number of benzene rings is 2. The van der Waals surface area contributed by atoms with Gasteiger partial charge in [0.05, 0.1) is 17.9 Å². The van der Waals surface area contributed by atoms with Crippen molar-refractivity contribution in [2.75, 3.05) is 0 Å². The Kier molecular flexibility index (Phi) is 11.7. The molecule has 0 heterocycles. The number of halogens is 12. The quantitative estimate of drug-likeness (QED) is 0.172. The van der Waals surface area contributed by atoms with E-state index < -0.39 is 101 Å². The van der Waals surface area contributed by atoms with Crippen molar-refractivity contribution in [3.05, 3.63) is 76.9 Å². The smallest absolute Gasteiger partial charge is 0.432 e. The number of alkyl halides is 7. The van der Waals surface area contributed by atoms with E-state index in [1.165, 1.54) is 6.07 Å². The second kappa shape index (κ2) is 15.0. The van der Waals surface area contributed by atoms with Gasteiger partial charge in [-0.3, -0.25) is 0 Å². The SMILES string of the molecule is C/C=C/Cc1ccc(/C(F)=C(\F)C2CCC(C(F)(F)OC3CCC(C(F)(F)Oc4cc(F)c(OC(F)(F)F)c(F)c4)CC3)CC2)c(F)c1. The lowest BCUT2D eigenvalue weighted by Gasteiger charge is -2.37. The molecule has 0 saturated heterocycles. The second-order valence-electron chi connectivity index (χ2n) is 11.9. The predicted octanol–water partition coefficient (Wildman–Crippen LogP) is 11.4. The lowest BCUT2D eigenvalue weighted by atomic mass is 9.80. The number of allylic oxidation sites excluding steroid dienone is 3. The monoisotopic (exact) mass is 704 g/mol. The second-order valence-corrected chi connectivity index (χ2v) is 11.9. The first-order valence-corrected chi connectivity index (χ1v) is 15.2. The average Bonchev–Trinajstić information content (AvgIpc) is 3.00. The van der Waals surface area contributed by atoms with Crippen molar-refractivity contribution in [1.29, 1.82) is 0 Å². The van der Waals surface area contributed by atoms with Gasteiger partial charge in [0.15, 0.2) is 17.5 Å². The van der Waals surface area contributed by atoms with E-state index >= 15 is 8.78 Å². The number of hydrogen-bond acceptors (Lipinski definition) is 3. The molecule has 266 valence electrons. The highest BCUT2D eigenvalue weighted by atomic mass is 19.4. The first kappa shape index (κ1) is 37.5. The molecule has 15 heteroatoms. The summed E-state index contributed by atoms with van der Waals surface area (Å²) in [5.41, 5.74) is -0.00630. The Morgan fingerprint density at radius 3 is 1.83 bits per heavy atom. The Labute approximate surface area is 268 Å². The van der Waals surface area contributed by atoms with Crippen LogP contribution in [-0.2, 0) is 11.2 Å². The third-order valence-corrected chi connectivity index (χ3v) is 8.55. The topological polar surface area (TPSA) is 27.7 Å². The highest BCUT2D eigenvalue weighted by Crippen LogP contribution is 2.46. The number of ether oxygens (including phenoxy) is 3. The molecule has 2 aliphatic carbocycles. The van der Waals surface area contributed by atoms with E-state index in [0.717, 1.165) is 12.1 Å². The summed E-state index contributed by atoms with van der Waals surface area (Å²) in [5.74, 6) is -14.4. The molecule has 0 bridgehead atoms. The summed E-state index contributed by atoms with van der Waals surface area (Å²) in [6.45, 7) is 1.78. The van der Waals surface area contributed by atoms with Gasteiger partial charge in [0.25, 0.3) is 0 Å². The fourth-order valence-corrected chi connectivity index (χ4v) is 5.99. The van der Waals surface area contributed by atoms with Crippen molar-refractivity contribution in [3.8, 4) is 11.5 Å². The maximum Gasteiger partial charge on any atom is 0.573 e. The van der Waals surface area contributed by atoms with Crippen LogP contribution in [0.4, 0.5) is 52.7 Å². The van der Waals surface area contributed by atoms with Crippen LogP contribution in [0.15, 0.2) is 48.3 Å². The van der Waals surface area contributed by atoms with Crippen LogP contribution in [0.1, 0.15) is 69.4 Å². The maximum atomic E-state index is 15.1. The normalized spacial score (nSPS) is 23.3. The van der Waals surface area contributed by atoms with E-state index in [-0.39, 0.29) is 50.7 Å². The van der Waals surface area contributed by atoms with Gasteiger partial charge < -0.3 is 14.2 Å². The van der Waals surface area contributed by atoms with Crippen LogP contribution in [0.25, 0.3) is 5.83 Å². The van der Waals surface area contributed by atoms with Crippen LogP contribution in [0.5, 0.6) is 11.5 Å². The van der Waals surface area contributed by atoms with E-state index in [1.807, 2.05) is 0 Å². The lowest BCUT2D eigenvalue weighted by Crippen LogP contribution is -2.42. The lowest BCUT2D eigenvalue weighted by molar-refractivity contribution is -0.305. The van der Waals surface area contributed by atoms with Crippen LogP contribution >= 0.6 is 0 Å². The highest BCUT2D eigenvalue weighted by Gasteiger charge is 2.49. The van der Waals surface area contributed by atoms with Crippen molar-refractivity contribution >= 4 is 5.83 Å². The molecule has 2 aromatic carbocycles. The van der Waals surface area contributed by atoms with Crippen molar-refractivity contribution in [2.24, 2.45) is 17.8 Å². The summed E-state index contributed by atoms with van der Waals surface area (Å²) in [4.78, 5) is 0. The van der Waals surface area contributed by atoms with E-state index in [9.17, 15) is 43.9 Å². The molecule has 4 rings (SSSR count). The Morgan fingerprint density at radius 1 is 0.729 bits per heavy atom. The van der Waals surface area contributed by atoms with Crippen LogP contribution in [-0.4, -0.2) is 24.7 Å². The van der Waals surface area contributed by atoms with Crippen LogP contribution in [0, 0.1) is 35.2 Å². The number of hydrogen-bond donors (Lipinski definition) is 0. The third kappa shape index (κ3) is 9.41. The molecule has 0 atom stereocenters. The zero-order valence-electron chi connectivity index (χ0n) is 25.5. The molecule has 0 radical (unpaired) electrons. The van der Waals surface area contributed by atoms with Crippen molar-refractivity contribution in [3.63, 3.8) is 0 Å². The molecule has 48 heavy (non-hydrogen) atoms. The summed E-state index contributed by atoms with van der Waals surface area (Å²) in [6.07, 6.45) is -12.6. The molecule has 0 unspecified atom stereocenters. The Hall–Kier alpha value is -3.36. The van der Waals surface area contributed by atoms with Crippen molar-refractivity contribution in [1.82, 2.24) is 0 Å². The minimum absolute atomic E-state index is 0.0973. The standard InChI is InChI=1S/C33H32F12O3/c1-2-3-4-18-5-14-24(25(34)15-18)29(38)28(37)19-6-8-20(9-7-19)31(39,40)46-22-12-10-21(11-13-22)32(41,42)47-23-16-26(35)30(27(36)17-23)48-33(43,44)45/h2-3,5,14-17,19-22H,4,6-13H2,1H3/b3-2+,29-28+. The largest absolute Gasteiger partial charge is 0.573 e. The predicted molar refractivity (Wildman–Crippen MR) is 150 cm³/mol. The molecule has 3 nitrogen and oxygen atoms in total. The van der Waals surface area contributed by atoms with Crippen LogP contribution < -0.4 is 9.47 Å². The van der Waals surface area contributed by atoms with Gasteiger partial charge in [0, 0.05) is 23.6 Å². The molecule has 2 aliphatic rings. The summed E-state index contributed by atoms with van der Waals surface area (Å²) in [6, 6.07) is 3.88. The number of rotatable bonds is 11. The van der Waals surface area contributed by atoms with Crippen LogP contribution in [0.2, 0.25) is 0 Å². The van der Waals surface area contributed by atoms with Crippen LogP contribution in [0.3, 0.4) is 0 Å². The first-order valence-electron chi connectivity index (χ1n) is 15.2. The summed E-state index contributed by atoms with van der Waals surface area (Å²) >= 11 is 0. The molecule has 0 aliphatic heterocycles. The van der Waals surface area contributed by atoms with Gasteiger partial charge in [-0.25, -0.2) is 22.0 Å². The highest BCUT2D eigenvalue weighted by molar-refractivity contribution is 5.62. The summed E-state index contributed by atoms with van der Waals surface area (Å²) in [7, 11) is 0. The minimum atomic E-state index is -5.44. The molecule has 2 aromatic rings. The molecule has 0 aromatic heterocycles. The minimum Gasteiger partial charge on any atom is -0.432 e. The zero-order chi connectivity index (χ0) is 35.4. The molecule has 0 amide bonds. The molecular formula is C33H32F12O3. The summed E-state index contributed by atoms with van der Waals surface area (Å²) in [5, 5.41) is 0. The van der Waals surface area contributed by atoms with Gasteiger partial charge in [0.2, 0.25) is 5.75 Å².